The van der Waals surface area contributed by atoms with Gasteiger partial charge in [0.15, 0.2) is 0 Å². The molecule has 2 amide bonds. The molecule has 2 atom stereocenters. The number of carbonyl (C=O) groups excluding carboxylic acids is 2. The second-order valence-electron chi connectivity index (χ2n) is 9.23. The summed E-state index contributed by atoms with van der Waals surface area (Å²) in [6, 6.07) is 7.92. The molecule has 0 spiro atoms. The standard InChI is InChI=1S/C25H33FN4O3/c1-18-14-19(2)30(27-18)17-25(32)29-13-10-23(33-22-8-6-21(26)7-9-22)20(16-29)15-24(31)28-11-4-3-5-12-28/h6-9,14,20,23H,3-5,10-13,15-17H2,1-2H3/t20-,23-/m0/s1. The van der Waals surface area contributed by atoms with Crippen molar-refractivity contribution in [3.63, 3.8) is 0 Å². The molecule has 3 heterocycles. The highest BCUT2D eigenvalue weighted by Gasteiger charge is 2.35. The van der Waals surface area contributed by atoms with Gasteiger partial charge >= 0.3 is 0 Å². The first-order valence-corrected chi connectivity index (χ1v) is 11.9. The van der Waals surface area contributed by atoms with Crippen molar-refractivity contribution in [2.24, 2.45) is 5.92 Å². The molecule has 0 N–H and O–H groups in total. The van der Waals surface area contributed by atoms with Gasteiger partial charge in [-0.25, -0.2) is 4.39 Å². The molecule has 178 valence electrons. The Morgan fingerprint density at radius 3 is 2.42 bits per heavy atom. The lowest BCUT2D eigenvalue weighted by atomic mass is 9.90. The van der Waals surface area contributed by atoms with Crippen molar-refractivity contribution in [3.8, 4) is 5.75 Å². The van der Waals surface area contributed by atoms with E-state index < -0.39 is 0 Å². The highest BCUT2D eigenvalue weighted by atomic mass is 19.1. The van der Waals surface area contributed by atoms with E-state index in [2.05, 4.69) is 5.10 Å². The SMILES string of the molecule is Cc1cc(C)n(CC(=O)N2CC[C@H](Oc3ccc(F)cc3)[C@@H](CC(=O)N3CCCCC3)C2)n1. The predicted molar refractivity (Wildman–Crippen MR) is 122 cm³/mol. The lowest BCUT2D eigenvalue weighted by Crippen LogP contribution is -2.50. The van der Waals surface area contributed by atoms with Gasteiger partial charge in [0, 0.05) is 50.6 Å². The highest BCUT2D eigenvalue weighted by molar-refractivity contribution is 5.78. The zero-order chi connectivity index (χ0) is 23.4. The molecule has 0 saturated carbocycles. The van der Waals surface area contributed by atoms with E-state index in [-0.39, 0.29) is 36.2 Å². The summed E-state index contributed by atoms with van der Waals surface area (Å²) in [7, 11) is 0. The van der Waals surface area contributed by atoms with Crippen molar-refractivity contribution in [1.29, 1.82) is 0 Å². The van der Waals surface area contributed by atoms with Crippen molar-refractivity contribution in [2.45, 2.75) is 58.6 Å². The Morgan fingerprint density at radius 2 is 1.76 bits per heavy atom. The Labute approximate surface area is 194 Å². The van der Waals surface area contributed by atoms with Crippen LogP contribution in [-0.4, -0.2) is 63.7 Å². The van der Waals surface area contributed by atoms with Gasteiger partial charge in [0.05, 0.1) is 5.69 Å². The largest absolute Gasteiger partial charge is 0.490 e. The van der Waals surface area contributed by atoms with E-state index >= 15 is 0 Å². The lowest BCUT2D eigenvalue weighted by molar-refractivity contribution is -0.140. The second-order valence-corrected chi connectivity index (χ2v) is 9.23. The molecule has 0 unspecified atom stereocenters. The minimum atomic E-state index is -0.316. The maximum Gasteiger partial charge on any atom is 0.244 e. The summed E-state index contributed by atoms with van der Waals surface area (Å²) >= 11 is 0. The molecule has 1 aromatic carbocycles. The Kier molecular flexibility index (Phi) is 7.30. The zero-order valence-electron chi connectivity index (χ0n) is 19.5. The Bertz CT molecular complexity index is 969. The molecule has 2 saturated heterocycles. The van der Waals surface area contributed by atoms with Crippen molar-refractivity contribution >= 4 is 11.8 Å². The number of likely N-dealkylation sites (tertiary alicyclic amines) is 2. The van der Waals surface area contributed by atoms with Gasteiger partial charge in [-0.2, -0.15) is 5.10 Å². The molecule has 0 radical (unpaired) electrons. The van der Waals surface area contributed by atoms with Gasteiger partial charge in [-0.15, -0.1) is 0 Å². The molecule has 4 rings (SSSR count). The summed E-state index contributed by atoms with van der Waals surface area (Å²) in [4.78, 5) is 29.8. The lowest BCUT2D eigenvalue weighted by Gasteiger charge is -2.39. The molecular weight excluding hydrogens is 423 g/mol. The molecule has 8 heteroatoms. The predicted octanol–water partition coefficient (Wildman–Crippen LogP) is 3.34. The first-order chi connectivity index (χ1) is 15.9. The minimum absolute atomic E-state index is 0.00291. The number of aryl methyl sites for hydroxylation is 2. The van der Waals surface area contributed by atoms with Crippen molar-refractivity contribution in [3.05, 3.63) is 47.5 Å². The number of nitrogens with zero attached hydrogens (tertiary/aromatic N) is 4. The number of hydrogen-bond acceptors (Lipinski definition) is 4. The van der Waals surface area contributed by atoms with E-state index in [9.17, 15) is 14.0 Å². The number of halogens is 1. The molecule has 2 aliphatic rings. The number of hydrogen-bond donors (Lipinski definition) is 0. The molecular formula is C25H33FN4O3. The van der Waals surface area contributed by atoms with Gasteiger partial charge in [0.25, 0.3) is 0 Å². The Morgan fingerprint density at radius 1 is 1.03 bits per heavy atom. The third-order valence-corrected chi connectivity index (χ3v) is 6.65. The van der Waals surface area contributed by atoms with Crippen LogP contribution in [0.3, 0.4) is 0 Å². The average Bonchev–Trinajstić information content (AvgIpc) is 3.13. The van der Waals surface area contributed by atoms with Crippen LogP contribution in [0.5, 0.6) is 5.75 Å². The number of benzene rings is 1. The maximum atomic E-state index is 13.3. The number of carbonyl (C=O) groups is 2. The van der Waals surface area contributed by atoms with Gasteiger partial charge < -0.3 is 14.5 Å². The van der Waals surface area contributed by atoms with E-state index in [0.717, 1.165) is 43.7 Å². The van der Waals surface area contributed by atoms with Crippen LogP contribution < -0.4 is 4.74 Å². The van der Waals surface area contributed by atoms with E-state index in [1.807, 2.05) is 29.7 Å². The van der Waals surface area contributed by atoms with Crippen molar-refractivity contribution in [2.75, 3.05) is 26.2 Å². The number of aromatic nitrogens is 2. The molecule has 0 aliphatic carbocycles. The normalized spacial score (nSPS) is 21.2. The average molecular weight is 457 g/mol. The fraction of sp³-hybridized carbons (Fsp3) is 0.560. The van der Waals surface area contributed by atoms with Crippen LogP contribution in [-0.2, 0) is 16.1 Å². The first-order valence-electron chi connectivity index (χ1n) is 11.9. The van der Waals surface area contributed by atoms with Gasteiger partial charge in [-0.05, 0) is 63.4 Å². The smallest absolute Gasteiger partial charge is 0.244 e. The van der Waals surface area contributed by atoms with Gasteiger partial charge in [-0.3, -0.25) is 14.3 Å². The summed E-state index contributed by atoms with van der Waals surface area (Å²) in [5.41, 5.74) is 1.84. The van der Waals surface area contributed by atoms with Crippen molar-refractivity contribution in [1.82, 2.24) is 19.6 Å². The number of amides is 2. The Hall–Kier alpha value is -2.90. The highest BCUT2D eigenvalue weighted by Crippen LogP contribution is 2.27. The summed E-state index contributed by atoms with van der Waals surface area (Å²) in [6.07, 6.45) is 4.01. The zero-order valence-corrected chi connectivity index (χ0v) is 19.5. The summed E-state index contributed by atoms with van der Waals surface area (Å²) < 4.78 is 21.2. The van der Waals surface area contributed by atoms with Crippen LogP contribution in [0.2, 0.25) is 0 Å². The van der Waals surface area contributed by atoms with Crippen LogP contribution in [0.15, 0.2) is 30.3 Å². The van der Waals surface area contributed by atoms with E-state index in [4.69, 9.17) is 4.74 Å². The summed E-state index contributed by atoms with van der Waals surface area (Å²) in [5, 5.41) is 4.40. The minimum Gasteiger partial charge on any atom is -0.490 e. The molecule has 2 fully saturated rings. The number of rotatable bonds is 6. The van der Waals surface area contributed by atoms with Gasteiger partial charge in [-0.1, -0.05) is 0 Å². The van der Waals surface area contributed by atoms with Gasteiger partial charge in [0.2, 0.25) is 11.8 Å². The molecule has 33 heavy (non-hydrogen) atoms. The molecule has 0 bridgehead atoms. The molecule has 1 aromatic heterocycles. The van der Waals surface area contributed by atoms with Crippen molar-refractivity contribution < 1.29 is 18.7 Å². The monoisotopic (exact) mass is 456 g/mol. The van der Waals surface area contributed by atoms with Gasteiger partial charge in [0.1, 0.15) is 24.2 Å². The van der Waals surface area contributed by atoms with Crippen LogP contribution in [0.1, 0.15) is 43.5 Å². The van der Waals surface area contributed by atoms with Crippen LogP contribution in [0, 0.1) is 25.6 Å². The Balaban J connectivity index is 1.45. The van der Waals surface area contributed by atoms with Crippen LogP contribution >= 0.6 is 0 Å². The maximum absolute atomic E-state index is 13.3. The fourth-order valence-electron chi connectivity index (χ4n) is 4.84. The third kappa shape index (κ3) is 5.92. The summed E-state index contributed by atoms with van der Waals surface area (Å²) in [6.45, 7) is 6.66. The van der Waals surface area contributed by atoms with Crippen LogP contribution in [0.25, 0.3) is 0 Å². The third-order valence-electron chi connectivity index (χ3n) is 6.65. The van der Waals surface area contributed by atoms with E-state index in [0.29, 0.717) is 31.7 Å². The first kappa shape index (κ1) is 23.3. The fourth-order valence-corrected chi connectivity index (χ4v) is 4.84. The molecule has 2 aliphatic heterocycles. The number of ether oxygens (including phenoxy) is 1. The molecule has 7 nitrogen and oxygen atoms in total. The second kappa shape index (κ2) is 10.4. The van der Waals surface area contributed by atoms with E-state index in [1.165, 1.54) is 12.1 Å². The quantitative estimate of drug-likeness (QED) is 0.669. The van der Waals surface area contributed by atoms with Crippen LogP contribution in [0.4, 0.5) is 4.39 Å². The summed E-state index contributed by atoms with van der Waals surface area (Å²) in [5.74, 6) is 0.266. The number of piperidine rings is 2. The van der Waals surface area contributed by atoms with E-state index in [1.54, 1.807) is 16.8 Å². The topological polar surface area (TPSA) is 67.7 Å². The molecule has 2 aromatic rings.